The molecule has 0 amide bonds. The molecule has 0 bridgehead atoms. The quantitative estimate of drug-likeness (QED) is 0.311. The van der Waals surface area contributed by atoms with Gasteiger partial charge in [-0.3, -0.25) is 9.88 Å². The number of likely N-dealkylation sites (tertiary alicyclic amines) is 1. The standard InChI is InChI=1S/C16H34O.C10H14N2/c1-2-3-4-5-6-7-8-9-10-11-12-13-14-15-16-17;1-12-7-3-5-10(12)9-4-2-6-11-8-9/h17H,2-16H2,1H3;2,4,6,8,10H,3,5,7H2,1H3. The molecule has 2 rings (SSSR count). The fraction of sp³-hybridized carbons (Fsp3) is 0.808. The molecule has 3 nitrogen and oxygen atoms in total. The van der Waals surface area contributed by atoms with Crippen LogP contribution in [0.25, 0.3) is 0 Å². The maximum absolute atomic E-state index is 8.64. The Labute approximate surface area is 181 Å². The summed E-state index contributed by atoms with van der Waals surface area (Å²) < 4.78 is 0. The van der Waals surface area contributed by atoms with E-state index in [0.717, 1.165) is 6.42 Å². The van der Waals surface area contributed by atoms with Crippen molar-refractivity contribution in [2.24, 2.45) is 0 Å². The zero-order chi connectivity index (χ0) is 21.0. The Morgan fingerprint density at radius 3 is 1.86 bits per heavy atom. The van der Waals surface area contributed by atoms with Crippen molar-refractivity contribution < 1.29 is 5.11 Å². The molecule has 168 valence electrons. The van der Waals surface area contributed by atoms with Gasteiger partial charge in [-0.15, -0.1) is 0 Å². The van der Waals surface area contributed by atoms with Gasteiger partial charge in [0.25, 0.3) is 0 Å². The highest BCUT2D eigenvalue weighted by molar-refractivity contribution is 5.14. The van der Waals surface area contributed by atoms with Crippen molar-refractivity contribution in [2.45, 2.75) is 116 Å². The van der Waals surface area contributed by atoms with Gasteiger partial charge in [-0.05, 0) is 44.5 Å². The summed E-state index contributed by atoms with van der Waals surface area (Å²) >= 11 is 0. The van der Waals surface area contributed by atoms with Gasteiger partial charge in [0.15, 0.2) is 0 Å². The van der Waals surface area contributed by atoms with Gasteiger partial charge >= 0.3 is 0 Å². The molecule has 29 heavy (non-hydrogen) atoms. The first-order valence-corrected chi connectivity index (χ1v) is 12.5. The molecule has 1 N–H and O–H groups in total. The molecule has 0 saturated carbocycles. The van der Waals surface area contributed by atoms with Crippen LogP contribution in [-0.4, -0.2) is 35.2 Å². The molecule has 1 atom stereocenters. The van der Waals surface area contributed by atoms with Gasteiger partial charge in [-0.25, -0.2) is 0 Å². The highest BCUT2D eigenvalue weighted by Crippen LogP contribution is 2.29. The predicted molar refractivity (Wildman–Crippen MR) is 126 cm³/mol. The van der Waals surface area contributed by atoms with Crippen molar-refractivity contribution in [3.05, 3.63) is 30.1 Å². The van der Waals surface area contributed by atoms with E-state index in [2.05, 4.69) is 29.9 Å². The number of rotatable bonds is 15. The molecule has 1 aliphatic rings. The van der Waals surface area contributed by atoms with Gasteiger partial charge in [0, 0.05) is 25.0 Å². The molecule has 0 aliphatic carbocycles. The fourth-order valence-electron chi connectivity index (χ4n) is 4.21. The van der Waals surface area contributed by atoms with E-state index in [9.17, 15) is 0 Å². The second-order valence-electron chi connectivity index (χ2n) is 8.74. The van der Waals surface area contributed by atoms with Gasteiger partial charge in [0.1, 0.15) is 0 Å². The summed E-state index contributed by atoms with van der Waals surface area (Å²) in [6.07, 6.45) is 25.6. The third kappa shape index (κ3) is 13.8. The number of hydrogen-bond acceptors (Lipinski definition) is 3. The van der Waals surface area contributed by atoms with Crippen LogP contribution in [0.3, 0.4) is 0 Å². The third-order valence-corrected chi connectivity index (χ3v) is 6.10. The predicted octanol–water partition coefficient (Wildman–Crippen LogP) is 7.31. The maximum atomic E-state index is 8.64. The van der Waals surface area contributed by atoms with Crippen LogP contribution in [0.1, 0.15) is 121 Å². The molecule has 0 aromatic carbocycles. The fourth-order valence-corrected chi connectivity index (χ4v) is 4.21. The van der Waals surface area contributed by atoms with Crippen LogP contribution < -0.4 is 0 Å². The summed E-state index contributed by atoms with van der Waals surface area (Å²) in [4.78, 5) is 6.54. The van der Waals surface area contributed by atoms with Crippen LogP contribution in [-0.2, 0) is 0 Å². The van der Waals surface area contributed by atoms with Gasteiger partial charge in [-0.2, -0.15) is 0 Å². The number of unbranched alkanes of at least 4 members (excludes halogenated alkanes) is 13. The maximum Gasteiger partial charge on any atom is 0.0431 e. The summed E-state index contributed by atoms with van der Waals surface area (Å²) in [6.45, 7) is 3.87. The van der Waals surface area contributed by atoms with Gasteiger partial charge in [0.2, 0.25) is 0 Å². The smallest absolute Gasteiger partial charge is 0.0431 e. The second kappa shape index (κ2) is 19.1. The average molecular weight is 405 g/mol. The van der Waals surface area contributed by atoms with Crippen molar-refractivity contribution in [3.8, 4) is 0 Å². The highest BCUT2D eigenvalue weighted by Gasteiger charge is 2.21. The molecule has 1 saturated heterocycles. The van der Waals surface area contributed by atoms with Crippen molar-refractivity contribution >= 4 is 0 Å². The zero-order valence-electron chi connectivity index (χ0n) is 19.5. The van der Waals surface area contributed by atoms with Crippen LogP contribution >= 0.6 is 0 Å². The zero-order valence-corrected chi connectivity index (χ0v) is 19.5. The molecule has 1 unspecified atom stereocenters. The van der Waals surface area contributed by atoms with Gasteiger partial charge in [0.05, 0.1) is 0 Å². The first-order valence-electron chi connectivity index (χ1n) is 12.5. The summed E-state index contributed by atoms with van der Waals surface area (Å²) in [6, 6.07) is 4.79. The largest absolute Gasteiger partial charge is 0.396 e. The van der Waals surface area contributed by atoms with Crippen molar-refractivity contribution in [1.82, 2.24) is 9.88 Å². The molecule has 0 spiro atoms. The van der Waals surface area contributed by atoms with E-state index < -0.39 is 0 Å². The lowest BCUT2D eigenvalue weighted by molar-refractivity contribution is 0.282. The number of aliphatic hydroxyl groups is 1. The summed E-state index contributed by atoms with van der Waals surface area (Å²) in [7, 11) is 2.19. The summed E-state index contributed by atoms with van der Waals surface area (Å²) in [5, 5.41) is 8.64. The molecule has 1 aromatic rings. The average Bonchev–Trinajstić information content (AvgIpc) is 3.18. The first-order chi connectivity index (χ1) is 14.3. The minimum Gasteiger partial charge on any atom is -0.396 e. The van der Waals surface area contributed by atoms with E-state index >= 15 is 0 Å². The molecule has 2 heterocycles. The molecule has 0 radical (unpaired) electrons. The normalized spacial score (nSPS) is 16.6. The highest BCUT2D eigenvalue weighted by atomic mass is 16.2. The van der Waals surface area contributed by atoms with Crippen LogP contribution in [0.4, 0.5) is 0 Å². The topological polar surface area (TPSA) is 36.4 Å². The first kappa shape index (κ1) is 26.1. The van der Waals surface area contributed by atoms with Crippen LogP contribution in [0, 0.1) is 0 Å². The number of nitrogens with zero attached hydrogens (tertiary/aromatic N) is 2. The third-order valence-electron chi connectivity index (χ3n) is 6.10. The lowest BCUT2D eigenvalue weighted by Crippen LogP contribution is -2.17. The molecule has 1 fully saturated rings. The Morgan fingerprint density at radius 1 is 0.897 bits per heavy atom. The Bertz CT molecular complexity index is 437. The Hall–Kier alpha value is -0.930. The monoisotopic (exact) mass is 404 g/mol. The van der Waals surface area contributed by atoms with Crippen LogP contribution in [0.5, 0.6) is 0 Å². The van der Waals surface area contributed by atoms with E-state index in [1.54, 1.807) is 0 Å². The van der Waals surface area contributed by atoms with Crippen molar-refractivity contribution in [3.63, 3.8) is 0 Å². The Kier molecular flexibility index (Phi) is 17.2. The second-order valence-corrected chi connectivity index (χ2v) is 8.74. The number of pyridine rings is 1. The molecule has 3 heteroatoms. The summed E-state index contributed by atoms with van der Waals surface area (Å²) in [5.74, 6) is 0. The van der Waals surface area contributed by atoms with Crippen LogP contribution in [0.2, 0.25) is 0 Å². The van der Waals surface area contributed by atoms with E-state index in [4.69, 9.17) is 5.11 Å². The molecular formula is C26H48N2O. The van der Waals surface area contributed by atoms with Crippen molar-refractivity contribution in [2.75, 3.05) is 20.2 Å². The van der Waals surface area contributed by atoms with Crippen molar-refractivity contribution in [1.29, 1.82) is 0 Å². The number of aliphatic hydroxyl groups excluding tert-OH is 1. The van der Waals surface area contributed by atoms with E-state index in [-0.39, 0.29) is 0 Å². The van der Waals surface area contributed by atoms with E-state index in [0.29, 0.717) is 12.6 Å². The van der Waals surface area contributed by atoms with E-state index in [1.165, 1.54) is 108 Å². The summed E-state index contributed by atoms with van der Waals surface area (Å²) in [5.41, 5.74) is 1.36. The Morgan fingerprint density at radius 2 is 1.45 bits per heavy atom. The SMILES string of the molecule is CCCCCCCCCCCCCCCCO.CN1CCCC1c1cccnc1. The molecule has 1 aliphatic heterocycles. The van der Waals surface area contributed by atoms with Gasteiger partial charge < -0.3 is 5.11 Å². The van der Waals surface area contributed by atoms with Crippen LogP contribution in [0.15, 0.2) is 24.5 Å². The number of aromatic nitrogens is 1. The lowest BCUT2D eigenvalue weighted by atomic mass is 10.0. The van der Waals surface area contributed by atoms with Gasteiger partial charge in [-0.1, -0.05) is 96.5 Å². The minimum atomic E-state index is 0.373. The minimum absolute atomic E-state index is 0.373. The Balaban J connectivity index is 0.000000304. The number of hydrogen-bond donors (Lipinski definition) is 1. The van der Waals surface area contributed by atoms with E-state index in [1.807, 2.05) is 18.5 Å². The molecular weight excluding hydrogens is 356 g/mol. The lowest BCUT2D eigenvalue weighted by Gasteiger charge is -2.18. The molecule has 1 aromatic heterocycles.